The van der Waals surface area contributed by atoms with E-state index in [1.54, 1.807) is 4.90 Å². The summed E-state index contributed by atoms with van der Waals surface area (Å²) in [5, 5.41) is 3.08. The van der Waals surface area contributed by atoms with E-state index in [0.717, 1.165) is 23.2 Å². The van der Waals surface area contributed by atoms with E-state index in [4.69, 9.17) is 9.98 Å². The van der Waals surface area contributed by atoms with Crippen molar-refractivity contribution in [3.63, 3.8) is 0 Å². The first-order valence-corrected chi connectivity index (χ1v) is 11.5. The Morgan fingerprint density at radius 1 is 1.19 bits per heavy atom. The average molecular weight is 435 g/mol. The number of hydrogen-bond donors (Lipinski definition) is 1. The van der Waals surface area contributed by atoms with E-state index in [0.29, 0.717) is 24.0 Å². The molecule has 2 aromatic rings. The fourth-order valence-corrected chi connectivity index (χ4v) is 4.53. The molecule has 4 rings (SSSR count). The largest absolute Gasteiger partial charge is 0.351 e. The second-order valence-electron chi connectivity index (χ2n) is 7.81. The molecule has 2 atom stereocenters. The Balaban J connectivity index is 1.51. The molecule has 0 spiro atoms. The van der Waals surface area contributed by atoms with Crippen molar-refractivity contribution in [2.24, 2.45) is 9.98 Å². The minimum atomic E-state index is -0.409. The number of carbonyl (C=O) groups excluding carboxylic acids is 2. The summed E-state index contributed by atoms with van der Waals surface area (Å²) in [6.45, 7) is 6.38. The van der Waals surface area contributed by atoms with Crippen LogP contribution < -0.4 is 5.32 Å². The summed E-state index contributed by atoms with van der Waals surface area (Å²) in [5.74, 6) is 0.482. The third-order valence-electron chi connectivity index (χ3n) is 5.35. The average Bonchev–Trinajstić information content (AvgIpc) is 3.10. The van der Waals surface area contributed by atoms with Crippen LogP contribution in [0.5, 0.6) is 0 Å². The van der Waals surface area contributed by atoms with Crippen LogP contribution in [0.3, 0.4) is 0 Å². The summed E-state index contributed by atoms with van der Waals surface area (Å²) >= 11 is 1.29. The third kappa shape index (κ3) is 4.42. The van der Waals surface area contributed by atoms with Crippen molar-refractivity contribution in [1.82, 2.24) is 10.2 Å². The van der Waals surface area contributed by atoms with Gasteiger partial charge in [0.2, 0.25) is 5.91 Å². The Labute approximate surface area is 186 Å². The van der Waals surface area contributed by atoms with Gasteiger partial charge in [0.15, 0.2) is 5.17 Å². The standard InChI is InChI=1S/C24H26N4O2S/c1-4-7-20-23(30)28-21(26-20)18-8-5-6-9-19(18)27-24(28)31-16(3)22(29)25-14-17-12-10-15(2)11-13-17/h5-6,8-13,16,20H,4,7,14H2,1-3H3,(H,25,29)/t16-,20-/m0/s1. The molecular weight excluding hydrogens is 408 g/mol. The highest BCUT2D eigenvalue weighted by atomic mass is 32.2. The fourth-order valence-electron chi connectivity index (χ4n) is 3.59. The molecule has 0 aliphatic carbocycles. The van der Waals surface area contributed by atoms with E-state index in [9.17, 15) is 9.59 Å². The van der Waals surface area contributed by atoms with Gasteiger partial charge >= 0.3 is 0 Å². The molecule has 2 aliphatic rings. The zero-order valence-corrected chi connectivity index (χ0v) is 18.8. The van der Waals surface area contributed by atoms with Gasteiger partial charge in [-0.05, 0) is 38.0 Å². The highest BCUT2D eigenvalue weighted by molar-refractivity contribution is 8.15. The molecule has 0 aromatic heterocycles. The molecule has 0 bridgehead atoms. The lowest BCUT2D eigenvalue weighted by Crippen LogP contribution is -2.42. The number of carbonyl (C=O) groups is 2. The monoisotopic (exact) mass is 434 g/mol. The number of aliphatic imine (C=N–C) groups is 2. The number of aryl methyl sites for hydroxylation is 1. The number of amidine groups is 2. The summed E-state index contributed by atoms with van der Waals surface area (Å²) in [7, 11) is 0. The number of nitrogens with zero attached hydrogens (tertiary/aromatic N) is 3. The van der Waals surface area contributed by atoms with Gasteiger partial charge in [-0.3, -0.25) is 14.6 Å². The zero-order chi connectivity index (χ0) is 22.0. The number of para-hydroxylation sites is 1. The molecule has 0 saturated carbocycles. The fraction of sp³-hybridized carbons (Fsp3) is 0.333. The smallest absolute Gasteiger partial charge is 0.259 e. The first-order chi connectivity index (χ1) is 15.0. The van der Waals surface area contributed by atoms with Crippen LogP contribution in [-0.2, 0) is 16.1 Å². The number of hydrogen-bond acceptors (Lipinski definition) is 5. The molecule has 2 amide bonds. The lowest BCUT2D eigenvalue weighted by Gasteiger charge is -2.26. The van der Waals surface area contributed by atoms with E-state index in [1.165, 1.54) is 17.3 Å². The SMILES string of the molecule is CCC[C@@H]1N=C2c3ccccc3N=C(S[C@@H](C)C(=O)NCc3ccc(C)cc3)N2C1=O. The van der Waals surface area contributed by atoms with Gasteiger partial charge in [-0.15, -0.1) is 0 Å². The van der Waals surface area contributed by atoms with Crippen molar-refractivity contribution in [2.45, 2.75) is 51.4 Å². The molecule has 7 heteroatoms. The number of nitrogens with one attached hydrogen (secondary N) is 1. The number of thioether (sulfide) groups is 1. The van der Waals surface area contributed by atoms with Gasteiger partial charge in [-0.1, -0.05) is 67.1 Å². The minimum Gasteiger partial charge on any atom is -0.351 e. The summed E-state index contributed by atoms with van der Waals surface area (Å²) in [6, 6.07) is 15.4. The van der Waals surface area contributed by atoms with Crippen LogP contribution in [-0.4, -0.2) is 39.0 Å². The Morgan fingerprint density at radius 2 is 1.94 bits per heavy atom. The number of benzene rings is 2. The molecule has 6 nitrogen and oxygen atoms in total. The number of rotatable bonds is 6. The maximum atomic E-state index is 13.1. The van der Waals surface area contributed by atoms with Crippen LogP contribution >= 0.6 is 11.8 Å². The second kappa shape index (κ2) is 9.06. The van der Waals surface area contributed by atoms with Crippen molar-refractivity contribution in [2.75, 3.05) is 0 Å². The van der Waals surface area contributed by atoms with Gasteiger partial charge in [-0.25, -0.2) is 9.89 Å². The normalized spacial score (nSPS) is 18.1. The molecule has 2 aromatic carbocycles. The first kappa shape index (κ1) is 21.3. The van der Waals surface area contributed by atoms with E-state index in [-0.39, 0.29) is 17.9 Å². The first-order valence-electron chi connectivity index (χ1n) is 10.6. The third-order valence-corrected chi connectivity index (χ3v) is 6.40. The van der Waals surface area contributed by atoms with Crippen molar-refractivity contribution >= 4 is 40.3 Å². The lowest BCUT2D eigenvalue weighted by atomic mass is 10.1. The predicted octanol–water partition coefficient (Wildman–Crippen LogP) is 4.19. The molecule has 0 saturated heterocycles. The molecule has 160 valence electrons. The Kier molecular flexibility index (Phi) is 6.23. The van der Waals surface area contributed by atoms with Crippen molar-refractivity contribution in [1.29, 1.82) is 0 Å². The van der Waals surface area contributed by atoms with Crippen LogP contribution in [0.15, 0.2) is 58.5 Å². The Morgan fingerprint density at radius 3 is 2.68 bits per heavy atom. The van der Waals surface area contributed by atoms with Crippen LogP contribution in [0.2, 0.25) is 0 Å². The van der Waals surface area contributed by atoms with E-state index in [2.05, 4.69) is 5.32 Å². The van der Waals surface area contributed by atoms with Crippen LogP contribution in [0.1, 0.15) is 43.4 Å². The van der Waals surface area contributed by atoms with Crippen LogP contribution in [0.25, 0.3) is 0 Å². The summed E-state index contributed by atoms with van der Waals surface area (Å²) in [4.78, 5) is 36.8. The summed E-state index contributed by atoms with van der Waals surface area (Å²) in [5.41, 5.74) is 3.86. The Hall–Kier alpha value is -2.93. The molecule has 0 unspecified atom stereocenters. The van der Waals surface area contributed by atoms with Crippen molar-refractivity contribution in [3.05, 3.63) is 65.2 Å². The van der Waals surface area contributed by atoms with E-state index in [1.807, 2.05) is 69.3 Å². The highest BCUT2D eigenvalue weighted by Gasteiger charge is 2.41. The molecule has 31 heavy (non-hydrogen) atoms. The predicted molar refractivity (Wildman–Crippen MR) is 126 cm³/mol. The van der Waals surface area contributed by atoms with Gasteiger partial charge in [0.25, 0.3) is 5.91 Å². The Bertz CT molecular complexity index is 1060. The van der Waals surface area contributed by atoms with E-state index < -0.39 is 5.25 Å². The molecule has 0 fully saturated rings. The zero-order valence-electron chi connectivity index (χ0n) is 18.0. The number of amides is 2. The minimum absolute atomic E-state index is 0.0649. The molecule has 0 radical (unpaired) electrons. The molecule has 2 aliphatic heterocycles. The van der Waals surface area contributed by atoms with Gasteiger partial charge in [0.05, 0.1) is 10.9 Å². The van der Waals surface area contributed by atoms with Gasteiger partial charge in [0.1, 0.15) is 11.9 Å². The molecule has 1 N–H and O–H groups in total. The maximum absolute atomic E-state index is 13.1. The van der Waals surface area contributed by atoms with Crippen LogP contribution in [0, 0.1) is 6.92 Å². The van der Waals surface area contributed by atoms with Crippen LogP contribution in [0.4, 0.5) is 5.69 Å². The van der Waals surface area contributed by atoms with Gasteiger partial charge < -0.3 is 5.32 Å². The number of fused-ring (bicyclic) bond motifs is 3. The molecular formula is C24H26N4O2S. The maximum Gasteiger partial charge on any atom is 0.259 e. The topological polar surface area (TPSA) is 74.1 Å². The summed E-state index contributed by atoms with van der Waals surface area (Å²) < 4.78 is 0. The molecule has 2 heterocycles. The highest BCUT2D eigenvalue weighted by Crippen LogP contribution is 2.35. The summed E-state index contributed by atoms with van der Waals surface area (Å²) in [6.07, 6.45) is 1.58. The van der Waals surface area contributed by atoms with Crippen molar-refractivity contribution < 1.29 is 9.59 Å². The van der Waals surface area contributed by atoms with Gasteiger partial charge in [-0.2, -0.15) is 0 Å². The lowest BCUT2D eigenvalue weighted by molar-refractivity contribution is -0.124. The van der Waals surface area contributed by atoms with Crippen molar-refractivity contribution in [3.8, 4) is 0 Å². The van der Waals surface area contributed by atoms with Gasteiger partial charge in [0, 0.05) is 12.1 Å². The second-order valence-corrected chi connectivity index (χ2v) is 9.11. The quantitative estimate of drug-likeness (QED) is 0.741. The van der Waals surface area contributed by atoms with E-state index >= 15 is 0 Å².